The molecule has 1 N–H and O–H groups in total. The standard InChI is InChI=1S/C13H26BrNO/c1-12(2)15(8-5-9-16)11-13(10-14)6-3-4-7-13/h12,16H,3-11H2,1-2H3. The fourth-order valence-electron chi connectivity index (χ4n) is 2.68. The van der Waals surface area contributed by atoms with E-state index >= 15 is 0 Å². The number of aliphatic hydroxyl groups is 1. The van der Waals surface area contributed by atoms with Crippen LogP contribution in [0.2, 0.25) is 0 Å². The Labute approximate surface area is 109 Å². The van der Waals surface area contributed by atoms with Gasteiger partial charge >= 0.3 is 0 Å². The van der Waals surface area contributed by atoms with Gasteiger partial charge in [-0.25, -0.2) is 0 Å². The Morgan fingerprint density at radius 1 is 1.31 bits per heavy atom. The van der Waals surface area contributed by atoms with Crippen LogP contribution >= 0.6 is 15.9 Å². The van der Waals surface area contributed by atoms with E-state index in [0.717, 1.165) is 18.3 Å². The normalized spacial score (nSPS) is 19.9. The first-order chi connectivity index (χ1) is 7.63. The zero-order chi connectivity index (χ0) is 12.0. The number of aliphatic hydroxyl groups excluding tert-OH is 1. The van der Waals surface area contributed by atoms with Crippen molar-refractivity contribution in [2.45, 2.75) is 52.0 Å². The van der Waals surface area contributed by atoms with Crippen molar-refractivity contribution in [3.63, 3.8) is 0 Å². The molecule has 0 aromatic heterocycles. The van der Waals surface area contributed by atoms with Crippen LogP contribution in [0, 0.1) is 5.41 Å². The molecule has 0 bridgehead atoms. The molecular weight excluding hydrogens is 266 g/mol. The Kier molecular flexibility index (Phi) is 6.30. The lowest BCUT2D eigenvalue weighted by molar-refractivity contribution is 0.128. The summed E-state index contributed by atoms with van der Waals surface area (Å²) < 4.78 is 0. The van der Waals surface area contributed by atoms with Crippen LogP contribution in [0.25, 0.3) is 0 Å². The molecule has 0 saturated heterocycles. The number of hydrogen-bond donors (Lipinski definition) is 1. The summed E-state index contributed by atoms with van der Waals surface area (Å²) in [5, 5.41) is 10.1. The van der Waals surface area contributed by atoms with Crippen LogP contribution in [0.4, 0.5) is 0 Å². The lowest BCUT2D eigenvalue weighted by Crippen LogP contribution is -2.42. The van der Waals surface area contributed by atoms with Gasteiger partial charge in [-0.15, -0.1) is 0 Å². The van der Waals surface area contributed by atoms with Crippen molar-refractivity contribution in [2.75, 3.05) is 25.0 Å². The monoisotopic (exact) mass is 291 g/mol. The molecule has 0 heterocycles. The molecular formula is C13H26BrNO. The average Bonchev–Trinajstić information content (AvgIpc) is 2.73. The van der Waals surface area contributed by atoms with Crippen LogP contribution < -0.4 is 0 Å². The number of nitrogens with zero attached hydrogens (tertiary/aromatic N) is 1. The summed E-state index contributed by atoms with van der Waals surface area (Å²) >= 11 is 3.70. The minimum absolute atomic E-state index is 0.310. The summed E-state index contributed by atoms with van der Waals surface area (Å²) in [6.45, 7) is 7.05. The van der Waals surface area contributed by atoms with Crippen molar-refractivity contribution in [3.05, 3.63) is 0 Å². The van der Waals surface area contributed by atoms with E-state index in [-0.39, 0.29) is 0 Å². The second-order valence-corrected chi connectivity index (χ2v) is 6.04. The van der Waals surface area contributed by atoms with Crippen molar-refractivity contribution >= 4 is 15.9 Å². The maximum atomic E-state index is 8.94. The molecule has 1 rings (SSSR count). The lowest BCUT2D eigenvalue weighted by atomic mass is 9.87. The molecule has 0 atom stereocenters. The maximum Gasteiger partial charge on any atom is 0.0443 e. The Hall–Kier alpha value is 0.400. The number of alkyl halides is 1. The van der Waals surface area contributed by atoms with Gasteiger partial charge in [-0.05, 0) is 38.5 Å². The number of halogens is 1. The van der Waals surface area contributed by atoms with Gasteiger partial charge < -0.3 is 10.0 Å². The molecule has 96 valence electrons. The third-order valence-corrected chi connectivity index (χ3v) is 5.01. The summed E-state index contributed by atoms with van der Waals surface area (Å²) in [5.41, 5.74) is 0.500. The Balaban J connectivity index is 2.51. The molecule has 1 aliphatic rings. The first-order valence-corrected chi connectivity index (χ1v) is 7.66. The van der Waals surface area contributed by atoms with Gasteiger partial charge in [-0.1, -0.05) is 28.8 Å². The molecule has 16 heavy (non-hydrogen) atoms. The molecule has 0 amide bonds. The van der Waals surface area contributed by atoms with Crippen molar-refractivity contribution in [1.29, 1.82) is 0 Å². The summed E-state index contributed by atoms with van der Waals surface area (Å²) in [6.07, 6.45) is 6.40. The van der Waals surface area contributed by atoms with Crippen LogP contribution in [-0.2, 0) is 0 Å². The van der Waals surface area contributed by atoms with Crippen molar-refractivity contribution in [2.24, 2.45) is 5.41 Å². The highest BCUT2D eigenvalue weighted by molar-refractivity contribution is 9.09. The zero-order valence-corrected chi connectivity index (χ0v) is 12.3. The van der Waals surface area contributed by atoms with E-state index in [1.165, 1.54) is 32.2 Å². The van der Waals surface area contributed by atoms with E-state index in [9.17, 15) is 0 Å². The first-order valence-electron chi connectivity index (χ1n) is 6.54. The van der Waals surface area contributed by atoms with E-state index in [2.05, 4.69) is 34.7 Å². The fraction of sp³-hybridized carbons (Fsp3) is 1.00. The third-order valence-electron chi connectivity index (χ3n) is 3.82. The molecule has 0 aromatic carbocycles. The van der Waals surface area contributed by atoms with Gasteiger partial charge in [0.1, 0.15) is 0 Å². The molecule has 1 saturated carbocycles. The highest BCUT2D eigenvalue weighted by Crippen LogP contribution is 2.40. The van der Waals surface area contributed by atoms with Gasteiger partial charge in [0.05, 0.1) is 0 Å². The quantitative estimate of drug-likeness (QED) is 0.729. The summed E-state index contributed by atoms with van der Waals surface area (Å²) in [5.74, 6) is 0. The molecule has 3 heteroatoms. The van der Waals surface area contributed by atoms with Gasteiger partial charge in [-0.3, -0.25) is 0 Å². The highest BCUT2D eigenvalue weighted by atomic mass is 79.9. The van der Waals surface area contributed by atoms with Crippen LogP contribution in [0.1, 0.15) is 46.0 Å². The van der Waals surface area contributed by atoms with E-state index in [0.29, 0.717) is 18.1 Å². The maximum absolute atomic E-state index is 8.94. The average molecular weight is 292 g/mol. The van der Waals surface area contributed by atoms with Gasteiger partial charge in [0.25, 0.3) is 0 Å². The van der Waals surface area contributed by atoms with Crippen LogP contribution in [0.5, 0.6) is 0 Å². The van der Waals surface area contributed by atoms with Crippen LogP contribution in [0.3, 0.4) is 0 Å². The Morgan fingerprint density at radius 2 is 1.94 bits per heavy atom. The third kappa shape index (κ3) is 4.01. The van der Waals surface area contributed by atoms with Crippen molar-refractivity contribution in [3.8, 4) is 0 Å². The van der Waals surface area contributed by atoms with Gasteiger partial charge in [0.2, 0.25) is 0 Å². The van der Waals surface area contributed by atoms with E-state index < -0.39 is 0 Å². The second kappa shape index (κ2) is 6.97. The molecule has 0 spiro atoms. The smallest absolute Gasteiger partial charge is 0.0443 e. The Morgan fingerprint density at radius 3 is 2.38 bits per heavy atom. The number of hydrogen-bond acceptors (Lipinski definition) is 2. The van der Waals surface area contributed by atoms with Gasteiger partial charge in [0, 0.05) is 31.1 Å². The van der Waals surface area contributed by atoms with E-state index in [1.54, 1.807) is 0 Å². The molecule has 0 aliphatic heterocycles. The molecule has 1 aliphatic carbocycles. The zero-order valence-electron chi connectivity index (χ0n) is 10.7. The second-order valence-electron chi connectivity index (χ2n) is 5.48. The predicted octanol–water partition coefficient (Wildman–Crippen LogP) is 3.03. The summed E-state index contributed by atoms with van der Waals surface area (Å²) in [7, 11) is 0. The van der Waals surface area contributed by atoms with Crippen molar-refractivity contribution < 1.29 is 5.11 Å². The van der Waals surface area contributed by atoms with E-state index in [4.69, 9.17) is 5.11 Å². The Bertz CT molecular complexity index is 190. The van der Waals surface area contributed by atoms with Gasteiger partial charge in [0.15, 0.2) is 0 Å². The van der Waals surface area contributed by atoms with Gasteiger partial charge in [-0.2, -0.15) is 0 Å². The van der Waals surface area contributed by atoms with E-state index in [1.807, 2.05) is 0 Å². The topological polar surface area (TPSA) is 23.5 Å². The van der Waals surface area contributed by atoms with Crippen LogP contribution in [-0.4, -0.2) is 41.1 Å². The molecule has 1 fully saturated rings. The highest BCUT2D eigenvalue weighted by Gasteiger charge is 2.34. The minimum atomic E-state index is 0.310. The minimum Gasteiger partial charge on any atom is -0.396 e. The molecule has 2 nitrogen and oxygen atoms in total. The molecule has 0 radical (unpaired) electrons. The molecule has 0 aromatic rings. The summed E-state index contributed by atoms with van der Waals surface area (Å²) in [6, 6.07) is 0.586. The lowest BCUT2D eigenvalue weighted by Gasteiger charge is -2.36. The SMILES string of the molecule is CC(C)N(CCCO)CC1(CBr)CCCC1. The van der Waals surface area contributed by atoms with Crippen molar-refractivity contribution in [1.82, 2.24) is 4.90 Å². The largest absolute Gasteiger partial charge is 0.396 e. The van der Waals surface area contributed by atoms with Crippen LogP contribution in [0.15, 0.2) is 0 Å². The fourth-order valence-corrected chi connectivity index (χ4v) is 3.42. The predicted molar refractivity (Wildman–Crippen MR) is 73.1 cm³/mol. The number of rotatable bonds is 7. The summed E-state index contributed by atoms with van der Waals surface area (Å²) in [4.78, 5) is 2.53. The first kappa shape index (κ1) is 14.5. The molecule has 0 unspecified atom stereocenters.